The molecule has 0 saturated carbocycles. The first-order valence-electron chi connectivity index (χ1n) is 15.1. The number of pyridine rings is 1. The van der Waals surface area contributed by atoms with Crippen LogP contribution in [0.4, 0.5) is 17.1 Å². The molecule has 3 aromatic rings. The number of hydrogen-bond donors (Lipinski definition) is 3. The lowest BCUT2D eigenvalue weighted by atomic mass is 9.96. The van der Waals surface area contributed by atoms with Gasteiger partial charge in [0.15, 0.2) is 0 Å². The van der Waals surface area contributed by atoms with Gasteiger partial charge >= 0.3 is 0 Å². The number of anilines is 3. The van der Waals surface area contributed by atoms with E-state index in [0.29, 0.717) is 51.6 Å². The summed E-state index contributed by atoms with van der Waals surface area (Å²) in [7, 11) is 3.96. The smallest absolute Gasteiger partial charge is 0.224 e. The fourth-order valence-corrected chi connectivity index (χ4v) is 5.76. The third-order valence-electron chi connectivity index (χ3n) is 7.96. The second-order valence-corrected chi connectivity index (χ2v) is 11.8. The Bertz CT molecular complexity index is 1530. The third-order valence-corrected chi connectivity index (χ3v) is 8.31. The lowest BCUT2D eigenvalue weighted by Crippen LogP contribution is -2.17. The maximum atomic E-state index is 12.8. The summed E-state index contributed by atoms with van der Waals surface area (Å²) in [6.45, 7) is 5.18. The van der Waals surface area contributed by atoms with Gasteiger partial charge in [0.25, 0.3) is 0 Å². The molecule has 2 aromatic carbocycles. The summed E-state index contributed by atoms with van der Waals surface area (Å²) in [5.74, 6) is 0.422. The van der Waals surface area contributed by atoms with Gasteiger partial charge < -0.3 is 25.4 Å². The number of nitrogens with zero attached hydrogens (tertiary/aromatic N) is 3. The van der Waals surface area contributed by atoms with Crippen LogP contribution < -0.4 is 15.4 Å². The number of nitrogens with one attached hydrogen (secondary N) is 2. The summed E-state index contributed by atoms with van der Waals surface area (Å²) in [6.07, 6.45) is 7.98. The summed E-state index contributed by atoms with van der Waals surface area (Å²) in [5.41, 5.74) is 6.32. The van der Waals surface area contributed by atoms with Crippen molar-refractivity contribution in [1.29, 1.82) is 5.26 Å². The minimum atomic E-state index is -0.342. The van der Waals surface area contributed by atoms with E-state index >= 15 is 0 Å². The highest BCUT2D eigenvalue weighted by atomic mass is 35.5. The van der Waals surface area contributed by atoms with Crippen molar-refractivity contribution < 1.29 is 14.6 Å². The van der Waals surface area contributed by atoms with Gasteiger partial charge in [-0.25, -0.2) is 0 Å². The Kier molecular flexibility index (Phi) is 11.4. The van der Waals surface area contributed by atoms with Crippen molar-refractivity contribution in [2.75, 3.05) is 37.9 Å². The van der Waals surface area contributed by atoms with Crippen molar-refractivity contribution in [2.45, 2.75) is 71.3 Å². The van der Waals surface area contributed by atoms with E-state index in [0.717, 1.165) is 68.3 Å². The molecular formula is C34H42ClN5O3. The number of aromatic nitrogens is 1. The monoisotopic (exact) mass is 603 g/mol. The molecule has 8 nitrogen and oxygen atoms in total. The molecule has 3 N–H and O–H groups in total. The number of aliphatic hydroxyl groups is 1. The number of hydrogen-bond acceptors (Lipinski definition) is 7. The molecule has 1 aliphatic carbocycles. The van der Waals surface area contributed by atoms with E-state index in [-0.39, 0.29) is 12.0 Å². The number of allylic oxidation sites excluding steroid dienone is 1. The van der Waals surface area contributed by atoms with Crippen LogP contribution in [0.25, 0.3) is 10.9 Å². The molecule has 0 aliphatic heterocycles. The fraction of sp³-hybridized carbons (Fsp3) is 0.441. The van der Waals surface area contributed by atoms with Crippen LogP contribution in [0.3, 0.4) is 0 Å². The molecule has 43 heavy (non-hydrogen) atoms. The lowest BCUT2D eigenvalue weighted by molar-refractivity contribution is -0.116. The number of fused-ring (bicyclic) bond motifs is 1. The molecule has 1 aliphatic rings. The highest BCUT2D eigenvalue weighted by Gasteiger charge is 2.18. The van der Waals surface area contributed by atoms with Gasteiger partial charge in [0.2, 0.25) is 5.91 Å². The Hall–Kier alpha value is -3.64. The first-order valence-corrected chi connectivity index (χ1v) is 15.4. The predicted molar refractivity (Wildman–Crippen MR) is 174 cm³/mol. The number of benzene rings is 2. The fourth-order valence-electron chi connectivity index (χ4n) is 5.49. The average molecular weight is 604 g/mol. The third kappa shape index (κ3) is 8.47. The van der Waals surface area contributed by atoms with E-state index < -0.39 is 0 Å². The summed E-state index contributed by atoms with van der Waals surface area (Å²) < 4.78 is 5.84. The van der Waals surface area contributed by atoms with Gasteiger partial charge in [0.05, 0.1) is 35.2 Å². The quantitative estimate of drug-likeness (QED) is 0.185. The normalized spacial score (nSPS) is 15.3. The Morgan fingerprint density at radius 2 is 2.05 bits per heavy atom. The van der Waals surface area contributed by atoms with Crippen LogP contribution in [0.1, 0.15) is 69.9 Å². The number of carbonyl (C=O) groups is 1. The minimum Gasteiger partial charge on any atom is -0.492 e. The van der Waals surface area contributed by atoms with Crippen LogP contribution in [-0.4, -0.2) is 54.2 Å². The second kappa shape index (κ2) is 15.2. The highest BCUT2D eigenvalue weighted by molar-refractivity contribution is 6.31. The maximum absolute atomic E-state index is 12.8. The highest BCUT2D eigenvalue weighted by Crippen LogP contribution is 2.37. The zero-order valence-electron chi connectivity index (χ0n) is 25.6. The number of halogens is 1. The second-order valence-electron chi connectivity index (χ2n) is 11.4. The SMILES string of the molecule is CCOc1cc2ncc(C#N)c(Nc3ccc(CCC4=C(C)C(O)CCCC4)c(Cl)c3)c2cc1NC(=O)CCCN(C)C. The van der Waals surface area contributed by atoms with Crippen LogP contribution in [0.2, 0.25) is 5.02 Å². The van der Waals surface area contributed by atoms with E-state index in [4.69, 9.17) is 16.3 Å². The molecule has 1 aromatic heterocycles. The molecule has 1 heterocycles. The van der Waals surface area contributed by atoms with Gasteiger partial charge in [0.1, 0.15) is 11.8 Å². The van der Waals surface area contributed by atoms with Crippen molar-refractivity contribution in [1.82, 2.24) is 9.88 Å². The van der Waals surface area contributed by atoms with Gasteiger partial charge in [0, 0.05) is 34.8 Å². The molecule has 0 bridgehead atoms. The van der Waals surface area contributed by atoms with Gasteiger partial charge in [-0.2, -0.15) is 5.26 Å². The molecule has 228 valence electrons. The summed E-state index contributed by atoms with van der Waals surface area (Å²) in [6, 6.07) is 11.7. The van der Waals surface area contributed by atoms with E-state index in [1.165, 1.54) is 11.8 Å². The molecular weight excluding hydrogens is 562 g/mol. The number of aliphatic hydroxyl groups excluding tert-OH is 1. The van der Waals surface area contributed by atoms with Crippen molar-refractivity contribution in [3.63, 3.8) is 0 Å². The number of nitriles is 1. The van der Waals surface area contributed by atoms with Crippen LogP contribution in [0.15, 0.2) is 47.7 Å². The van der Waals surface area contributed by atoms with E-state index in [1.807, 2.05) is 57.1 Å². The van der Waals surface area contributed by atoms with Gasteiger partial charge in [-0.15, -0.1) is 0 Å². The van der Waals surface area contributed by atoms with Crippen LogP contribution in [0, 0.1) is 11.3 Å². The topological polar surface area (TPSA) is 111 Å². The molecule has 4 rings (SSSR count). The Labute approximate surface area is 259 Å². The zero-order valence-corrected chi connectivity index (χ0v) is 26.4. The van der Waals surface area contributed by atoms with E-state index in [2.05, 4.69) is 21.7 Å². The summed E-state index contributed by atoms with van der Waals surface area (Å²) in [5, 5.41) is 28.0. The van der Waals surface area contributed by atoms with Crippen molar-refractivity contribution >= 4 is 45.5 Å². The molecule has 0 spiro atoms. The summed E-state index contributed by atoms with van der Waals surface area (Å²) in [4.78, 5) is 19.3. The average Bonchev–Trinajstić information content (AvgIpc) is 3.13. The van der Waals surface area contributed by atoms with E-state index in [1.54, 1.807) is 6.07 Å². The van der Waals surface area contributed by atoms with E-state index in [9.17, 15) is 15.2 Å². The van der Waals surface area contributed by atoms with Gasteiger partial charge in [-0.1, -0.05) is 29.7 Å². The first kappa shape index (κ1) is 32.3. The molecule has 1 amide bonds. The predicted octanol–water partition coefficient (Wildman–Crippen LogP) is 7.37. The van der Waals surface area contributed by atoms with Crippen LogP contribution >= 0.6 is 11.6 Å². The maximum Gasteiger partial charge on any atom is 0.224 e. The van der Waals surface area contributed by atoms with Gasteiger partial charge in [-0.05, 0) is 102 Å². The number of carbonyl (C=O) groups excluding carboxylic acids is 1. The number of amides is 1. The number of rotatable bonds is 12. The van der Waals surface area contributed by atoms with Crippen LogP contribution in [0.5, 0.6) is 5.75 Å². The lowest BCUT2D eigenvalue weighted by Gasteiger charge is -2.17. The largest absolute Gasteiger partial charge is 0.492 e. The first-order chi connectivity index (χ1) is 20.7. The zero-order chi connectivity index (χ0) is 30.9. The van der Waals surface area contributed by atoms with Crippen LogP contribution in [-0.2, 0) is 11.2 Å². The standard InChI is InChI=1S/C34H42ClN5O3/c1-5-43-32-19-29-27(18-30(32)39-33(42)11-8-16-40(3)4)34(25(20-36)21-37-29)38-26-15-14-24(28(35)17-26)13-12-23-9-6-7-10-31(41)22(23)2/h14-15,17-19,21,31,41H,5-13,16H2,1-4H3,(H,37,38)(H,39,42). The Morgan fingerprint density at radius 1 is 1.23 bits per heavy atom. The molecule has 0 radical (unpaired) electrons. The minimum absolute atomic E-state index is 0.104. The van der Waals surface area contributed by atoms with Gasteiger partial charge in [-0.3, -0.25) is 9.78 Å². The molecule has 1 atom stereocenters. The van der Waals surface area contributed by atoms with Crippen molar-refractivity contribution in [3.05, 3.63) is 63.8 Å². The molecule has 0 fully saturated rings. The molecule has 9 heteroatoms. The van der Waals surface area contributed by atoms with Crippen molar-refractivity contribution in [2.24, 2.45) is 0 Å². The number of aryl methyl sites for hydroxylation is 1. The van der Waals surface area contributed by atoms with Crippen molar-refractivity contribution in [3.8, 4) is 11.8 Å². The Balaban J connectivity index is 1.60. The summed E-state index contributed by atoms with van der Waals surface area (Å²) >= 11 is 6.75. The molecule has 0 saturated heterocycles. The number of ether oxygens (including phenoxy) is 1. The molecule has 1 unspecified atom stereocenters. The Morgan fingerprint density at radius 3 is 2.77 bits per heavy atom.